The summed E-state index contributed by atoms with van der Waals surface area (Å²) in [5.41, 5.74) is -2.78. The fourth-order valence-corrected chi connectivity index (χ4v) is 1.85. The maximum Gasteiger partial charge on any atom is 0.410 e. The fourth-order valence-electron chi connectivity index (χ4n) is 1.85. The fraction of sp³-hybridized carbons (Fsp3) is 0.833. The first-order chi connectivity index (χ1) is 8.60. The van der Waals surface area contributed by atoms with Gasteiger partial charge in [-0.1, -0.05) is 0 Å². The number of aliphatic hydroxyl groups excluding tert-OH is 1. The van der Waals surface area contributed by atoms with Gasteiger partial charge in [0.2, 0.25) is 5.60 Å². The molecular weight excluding hydrogens is 254 g/mol. The smallest absolute Gasteiger partial charge is 0.410 e. The van der Waals surface area contributed by atoms with Crippen LogP contribution >= 0.6 is 0 Å². The van der Waals surface area contributed by atoms with E-state index in [2.05, 4.69) is 4.74 Å². The number of hydrogen-bond donors (Lipinski definition) is 2. The quantitative estimate of drug-likeness (QED) is 0.648. The Labute approximate surface area is 112 Å². The number of hydrogen-bond acceptors (Lipinski definition) is 6. The Balaban J connectivity index is 2.80. The standard InChI is InChI=1S/C12H21NO6/c1-11(2,3)19-10(16)13-6-5-8(14)12(17,7-13)9(15)18-4/h8,14,17H,5-7H2,1-4H3. The minimum atomic E-state index is -2.11. The third-order valence-corrected chi connectivity index (χ3v) is 2.85. The van der Waals surface area contributed by atoms with Crippen molar-refractivity contribution >= 4 is 12.1 Å². The van der Waals surface area contributed by atoms with Gasteiger partial charge in [0.05, 0.1) is 19.8 Å². The van der Waals surface area contributed by atoms with Gasteiger partial charge in [0.15, 0.2) is 0 Å². The number of methoxy groups -OCH3 is 1. The van der Waals surface area contributed by atoms with Crippen LogP contribution in [0.15, 0.2) is 0 Å². The van der Waals surface area contributed by atoms with E-state index in [1.165, 1.54) is 4.90 Å². The molecule has 1 heterocycles. The summed E-state index contributed by atoms with van der Waals surface area (Å²) in [6, 6.07) is 0. The van der Waals surface area contributed by atoms with Crippen LogP contribution in [-0.2, 0) is 14.3 Å². The zero-order chi connectivity index (χ0) is 14.8. The van der Waals surface area contributed by atoms with Crippen LogP contribution in [-0.4, -0.2) is 64.7 Å². The lowest BCUT2D eigenvalue weighted by Gasteiger charge is -2.40. The molecule has 2 unspecified atom stereocenters. The first kappa shape index (κ1) is 15.7. The van der Waals surface area contributed by atoms with Gasteiger partial charge < -0.3 is 24.6 Å². The SMILES string of the molecule is COC(=O)C1(O)CN(C(=O)OC(C)(C)C)CCC1O. The number of piperidine rings is 1. The van der Waals surface area contributed by atoms with Crippen LogP contribution in [0.25, 0.3) is 0 Å². The van der Waals surface area contributed by atoms with Gasteiger partial charge in [-0.3, -0.25) is 0 Å². The van der Waals surface area contributed by atoms with E-state index in [9.17, 15) is 19.8 Å². The molecule has 2 atom stereocenters. The number of ether oxygens (including phenoxy) is 2. The van der Waals surface area contributed by atoms with Gasteiger partial charge in [0.1, 0.15) is 5.60 Å². The topological polar surface area (TPSA) is 96.3 Å². The Hall–Kier alpha value is -1.34. The normalized spacial score (nSPS) is 27.9. The number of esters is 1. The average molecular weight is 275 g/mol. The summed E-state index contributed by atoms with van der Waals surface area (Å²) < 4.78 is 9.63. The van der Waals surface area contributed by atoms with Gasteiger partial charge in [-0.15, -0.1) is 0 Å². The van der Waals surface area contributed by atoms with Crippen molar-refractivity contribution in [2.45, 2.75) is 44.5 Å². The zero-order valence-electron chi connectivity index (χ0n) is 11.7. The summed E-state index contributed by atoms with van der Waals surface area (Å²) in [5.74, 6) is -0.965. The maximum atomic E-state index is 11.9. The summed E-state index contributed by atoms with van der Waals surface area (Å²) in [7, 11) is 1.11. The number of likely N-dealkylation sites (tertiary alicyclic amines) is 1. The number of β-amino-alcohol motifs (C(OH)–C–C–N with tert-alkyl or cyclic N) is 1. The molecule has 110 valence electrons. The number of aliphatic hydroxyl groups is 2. The number of carbonyl (C=O) groups excluding carboxylic acids is 2. The highest BCUT2D eigenvalue weighted by Crippen LogP contribution is 2.24. The molecule has 2 N–H and O–H groups in total. The largest absolute Gasteiger partial charge is 0.467 e. The Morgan fingerprint density at radius 3 is 2.42 bits per heavy atom. The second-order valence-corrected chi connectivity index (χ2v) is 5.62. The number of rotatable bonds is 1. The molecule has 1 saturated heterocycles. The van der Waals surface area contributed by atoms with E-state index in [0.717, 1.165) is 7.11 Å². The van der Waals surface area contributed by atoms with Gasteiger partial charge in [-0.05, 0) is 27.2 Å². The Bertz CT molecular complexity index is 364. The molecule has 7 heteroatoms. The molecule has 1 aliphatic rings. The molecule has 0 radical (unpaired) electrons. The van der Waals surface area contributed by atoms with E-state index < -0.39 is 29.4 Å². The van der Waals surface area contributed by atoms with Crippen LogP contribution in [0.4, 0.5) is 4.79 Å². The van der Waals surface area contributed by atoms with Gasteiger partial charge in [0.25, 0.3) is 0 Å². The van der Waals surface area contributed by atoms with Gasteiger partial charge in [-0.2, -0.15) is 0 Å². The van der Waals surface area contributed by atoms with Gasteiger partial charge >= 0.3 is 12.1 Å². The molecule has 0 aromatic carbocycles. The van der Waals surface area contributed by atoms with Crippen molar-refractivity contribution in [1.29, 1.82) is 0 Å². The third-order valence-electron chi connectivity index (χ3n) is 2.85. The van der Waals surface area contributed by atoms with Crippen molar-refractivity contribution in [1.82, 2.24) is 4.90 Å². The van der Waals surface area contributed by atoms with Crippen molar-refractivity contribution in [2.75, 3.05) is 20.2 Å². The molecule has 7 nitrogen and oxygen atoms in total. The Morgan fingerprint density at radius 2 is 1.95 bits per heavy atom. The highest BCUT2D eigenvalue weighted by atomic mass is 16.6. The predicted molar refractivity (Wildman–Crippen MR) is 65.4 cm³/mol. The molecule has 1 fully saturated rings. The molecule has 0 bridgehead atoms. The zero-order valence-corrected chi connectivity index (χ0v) is 11.7. The molecule has 0 aromatic heterocycles. The van der Waals surface area contributed by atoms with E-state index >= 15 is 0 Å². The Morgan fingerprint density at radius 1 is 1.37 bits per heavy atom. The number of amides is 1. The molecular formula is C12H21NO6. The van der Waals surface area contributed by atoms with Crippen molar-refractivity contribution in [3.05, 3.63) is 0 Å². The lowest BCUT2D eigenvalue weighted by atomic mass is 9.90. The molecule has 0 aliphatic carbocycles. The summed E-state index contributed by atoms with van der Waals surface area (Å²) in [6.45, 7) is 5.01. The lowest BCUT2D eigenvalue weighted by Crippen LogP contribution is -2.63. The summed E-state index contributed by atoms with van der Waals surface area (Å²) in [5, 5.41) is 19.9. The van der Waals surface area contributed by atoms with E-state index in [1.807, 2.05) is 0 Å². The lowest BCUT2D eigenvalue weighted by molar-refractivity contribution is -0.184. The highest BCUT2D eigenvalue weighted by molar-refractivity contribution is 5.81. The maximum absolute atomic E-state index is 11.9. The van der Waals surface area contributed by atoms with Crippen LogP contribution in [0.2, 0.25) is 0 Å². The van der Waals surface area contributed by atoms with Gasteiger partial charge in [-0.25, -0.2) is 9.59 Å². The summed E-state index contributed by atoms with van der Waals surface area (Å²) >= 11 is 0. The summed E-state index contributed by atoms with van der Waals surface area (Å²) in [6.07, 6.45) is -1.83. The number of nitrogens with zero attached hydrogens (tertiary/aromatic N) is 1. The summed E-state index contributed by atoms with van der Waals surface area (Å²) in [4.78, 5) is 24.6. The first-order valence-corrected chi connectivity index (χ1v) is 6.07. The number of carbonyl (C=O) groups is 2. The molecule has 0 spiro atoms. The molecule has 0 aromatic rings. The van der Waals surface area contributed by atoms with Crippen LogP contribution in [0.3, 0.4) is 0 Å². The van der Waals surface area contributed by atoms with E-state index in [-0.39, 0.29) is 19.5 Å². The molecule has 19 heavy (non-hydrogen) atoms. The molecule has 1 aliphatic heterocycles. The van der Waals surface area contributed by atoms with Crippen molar-refractivity contribution in [2.24, 2.45) is 0 Å². The van der Waals surface area contributed by atoms with E-state index in [0.29, 0.717) is 0 Å². The third kappa shape index (κ3) is 3.57. The van der Waals surface area contributed by atoms with Crippen LogP contribution < -0.4 is 0 Å². The highest BCUT2D eigenvalue weighted by Gasteiger charge is 2.50. The Kier molecular flexibility index (Phi) is 4.42. The van der Waals surface area contributed by atoms with Crippen LogP contribution in [0, 0.1) is 0 Å². The molecule has 1 rings (SSSR count). The van der Waals surface area contributed by atoms with E-state index in [1.54, 1.807) is 20.8 Å². The second-order valence-electron chi connectivity index (χ2n) is 5.62. The van der Waals surface area contributed by atoms with Crippen LogP contribution in [0.5, 0.6) is 0 Å². The minimum Gasteiger partial charge on any atom is -0.467 e. The van der Waals surface area contributed by atoms with E-state index in [4.69, 9.17) is 4.74 Å². The van der Waals surface area contributed by atoms with Crippen molar-refractivity contribution in [3.8, 4) is 0 Å². The first-order valence-electron chi connectivity index (χ1n) is 6.07. The molecule has 1 amide bonds. The van der Waals surface area contributed by atoms with Gasteiger partial charge in [0, 0.05) is 6.54 Å². The average Bonchev–Trinajstić information content (AvgIpc) is 2.29. The monoisotopic (exact) mass is 275 g/mol. The van der Waals surface area contributed by atoms with Crippen LogP contribution in [0.1, 0.15) is 27.2 Å². The predicted octanol–water partition coefficient (Wildman–Crippen LogP) is -0.108. The minimum absolute atomic E-state index is 0.0742. The second kappa shape index (κ2) is 5.34. The van der Waals surface area contributed by atoms with Crippen molar-refractivity contribution < 1.29 is 29.3 Å². The van der Waals surface area contributed by atoms with Crippen molar-refractivity contribution in [3.63, 3.8) is 0 Å². The molecule has 0 saturated carbocycles.